The zero-order chi connectivity index (χ0) is 16.8. The van der Waals surface area contributed by atoms with Crippen LogP contribution >= 0.6 is 15.9 Å². The lowest BCUT2D eigenvalue weighted by Crippen LogP contribution is -2.38. The van der Waals surface area contributed by atoms with E-state index in [2.05, 4.69) is 21.2 Å². The van der Waals surface area contributed by atoms with E-state index in [0.29, 0.717) is 16.0 Å². The smallest absolute Gasteiger partial charge is 0.198 e. The Kier molecular flexibility index (Phi) is 4.16. The maximum Gasteiger partial charge on any atom is 0.198 e. The minimum atomic E-state index is -3.65. The van der Waals surface area contributed by atoms with E-state index in [0.717, 1.165) is 15.6 Å². The third kappa shape index (κ3) is 2.65. The number of halogens is 1. The molecule has 2 aromatic rings. The van der Waals surface area contributed by atoms with Crippen molar-refractivity contribution in [3.63, 3.8) is 0 Å². The highest BCUT2D eigenvalue weighted by atomic mass is 79.9. The van der Waals surface area contributed by atoms with Crippen LogP contribution in [0.3, 0.4) is 0 Å². The molecule has 1 aliphatic heterocycles. The van der Waals surface area contributed by atoms with Crippen molar-refractivity contribution in [1.82, 2.24) is 5.32 Å². The number of hydrogen-bond acceptors (Lipinski definition) is 4. The molecule has 1 atom stereocenters. The first-order chi connectivity index (χ1) is 10.8. The van der Waals surface area contributed by atoms with Crippen LogP contribution in [0.2, 0.25) is 0 Å². The van der Waals surface area contributed by atoms with Crippen LogP contribution in [-0.2, 0) is 9.84 Å². The summed E-state index contributed by atoms with van der Waals surface area (Å²) in [5.41, 5.74) is 2.61. The first-order valence-electron chi connectivity index (χ1n) is 7.19. The molecule has 0 saturated heterocycles. The van der Waals surface area contributed by atoms with Gasteiger partial charge in [-0.05, 0) is 42.7 Å². The lowest BCUT2D eigenvalue weighted by atomic mass is 10.0. The second-order valence-electron chi connectivity index (χ2n) is 5.61. The average molecular weight is 394 g/mol. The fraction of sp³-hybridized carbons (Fsp3) is 0.235. The van der Waals surface area contributed by atoms with Gasteiger partial charge in [0.05, 0.1) is 11.4 Å². The molecule has 0 radical (unpaired) electrons. The first kappa shape index (κ1) is 16.4. The molecule has 2 aromatic carbocycles. The zero-order valence-corrected chi connectivity index (χ0v) is 15.2. The van der Waals surface area contributed by atoms with Crippen LogP contribution in [0.4, 0.5) is 0 Å². The van der Waals surface area contributed by atoms with Crippen LogP contribution in [0.25, 0.3) is 0 Å². The predicted octanol–water partition coefficient (Wildman–Crippen LogP) is 3.32. The molecule has 0 saturated carbocycles. The van der Waals surface area contributed by atoms with Gasteiger partial charge in [-0.2, -0.15) is 0 Å². The van der Waals surface area contributed by atoms with Crippen molar-refractivity contribution in [2.75, 3.05) is 6.54 Å². The van der Waals surface area contributed by atoms with Crippen molar-refractivity contribution in [2.24, 2.45) is 0 Å². The summed E-state index contributed by atoms with van der Waals surface area (Å²) in [4.78, 5) is 12.3. The Hall–Kier alpha value is -1.50. The van der Waals surface area contributed by atoms with Gasteiger partial charge in [0.15, 0.2) is 15.6 Å². The molecule has 0 aliphatic carbocycles. The largest absolute Gasteiger partial charge is 0.293 e. The summed E-state index contributed by atoms with van der Waals surface area (Å²) < 4.78 is 27.2. The maximum atomic E-state index is 13.2. The molecule has 23 heavy (non-hydrogen) atoms. The standard InChI is InChI=1S/C17H16BrNO3S/c1-10-11(2)16(8-7-14(10)18)23(21,22)17-13-6-4-3-5-12(13)15(20)9-19-17/h3-8,17,19H,9H2,1-2H3. The molecule has 1 unspecified atom stereocenters. The second kappa shape index (κ2) is 5.85. The number of benzene rings is 2. The molecular weight excluding hydrogens is 378 g/mol. The van der Waals surface area contributed by atoms with Crippen LogP contribution < -0.4 is 5.32 Å². The molecule has 0 aromatic heterocycles. The minimum Gasteiger partial charge on any atom is -0.293 e. The Morgan fingerprint density at radius 3 is 2.52 bits per heavy atom. The highest BCUT2D eigenvalue weighted by molar-refractivity contribution is 9.10. The summed E-state index contributed by atoms with van der Waals surface area (Å²) in [5.74, 6) is -0.0873. The molecule has 6 heteroatoms. The molecule has 4 nitrogen and oxygen atoms in total. The lowest BCUT2D eigenvalue weighted by Gasteiger charge is -2.26. The number of sulfone groups is 1. The monoisotopic (exact) mass is 393 g/mol. The molecule has 120 valence electrons. The molecule has 1 heterocycles. The van der Waals surface area contributed by atoms with Crippen LogP contribution in [0, 0.1) is 13.8 Å². The lowest BCUT2D eigenvalue weighted by molar-refractivity contribution is 0.0981. The first-order valence-corrected chi connectivity index (χ1v) is 9.53. The van der Waals surface area contributed by atoms with Crippen molar-refractivity contribution < 1.29 is 13.2 Å². The summed E-state index contributed by atoms with van der Waals surface area (Å²) in [6.45, 7) is 3.70. The van der Waals surface area contributed by atoms with Gasteiger partial charge in [-0.15, -0.1) is 0 Å². The molecule has 1 aliphatic rings. The number of carbonyl (C=O) groups is 1. The SMILES string of the molecule is Cc1c(Br)ccc(S(=O)(=O)C2NCC(=O)c3ccccc32)c1C. The molecule has 3 rings (SSSR count). The van der Waals surface area contributed by atoms with E-state index in [1.54, 1.807) is 43.3 Å². The number of carbonyl (C=O) groups excluding carboxylic acids is 1. The maximum absolute atomic E-state index is 13.2. The third-order valence-corrected chi connectivity index (χ3v) is 7.24. The molecule has 0 fully saturated rings. The van der Waals surface area contributed by atoms with E-state index in [1.165, 1.54) is 0 Å². The van der Waals surface area contributed by atoms with Gasteiger partial charge in [0.2, 0.25) is 0 Å². The molecule has 1 N–H and O–H groups in total. The van der Waals surface area contributed by atoms with Gasteiger partial charge in [-0.1, -0.05) is 40.2 Å². The minimum absolute atomic E-state index is 0.0233. The highest BCUT2D eigenvalue weighted by Crippen LogP contribution is 2.35. The summed E-state index contributed by atoms with van der Waals surface area (Å²) in [6.07, 6.45) is 0. The second-order valence-corrected chi connectivity index (χ2v) is 8.47. The van der Waals surface area contributed by atoms with Gasteiger partial charge in [-0.25, -0.2) is 8.42 Å². The predicted molar refractivity (Wildman–Crippen MR) is 92.3 cm³/mol. The number of ketones is 1. The Bertz CT molecular complexity index is 906. The third-order valence-electron chi connectivity index (χ3n) is 4.28. The normalized spacial score (nSPS) is 17.9. The number of fused-ring (bicyclic) bond motifs is 1. The van der Waals surface area contributed by atoms with Gasteiger partial charge in [-0.3, -0.25) is 10.1 Å². The topological polar surface area (TPSA) is 63.2 Å². The van der Waals surface area contributed by atoms with Gasteiger partial charge in [0.25, 0.3) is 0 Å². The van der Waals surface area contributed by atoms with E-state index in [-0.39, 0.29) is 12.3 Å². The van der Waals surface area contributed by atoms with Crippen LogP contribution in [-0.4, -0.2) is 20.7 Å². The summed E-state index contributed by atoms with van der Waals surface area (Å²) >= 11 is 3.42. The summed E-state index contributed by atoms with van der Waals surface area (Å²) in [7, 11) is -3.65. The Labute approximate surface area is 144 Å². The van der Waals surface area contributed by atoms with Crippen molar-refractivity contribution in [3.8, 4) is 0 Å². The van der Waals surface area contributed by atoms with Gasteiger partial charge >= 0.3 is 0 Å². The van der Waals surface area contributed by atoms with E-state index < -0.39 is 15.2 Å². The van der Waals surface area contributed by atoms with Gasteiger partial charge in [0, 0.05) is 10.0 Å². The van der Waals surface area contributed by atoms with Crippen LogP contribution in [0.15, 0.2) is 45.8 Å². The van der Waals surface area contributed by atoms with Gasteiger partial charge < -0.3 is 0 Å². The van der Waals surface area contributed by atoms with Gasteiger partial charge in [0.1, 0.15) is 5.37 Å². The van der Waals surface area contributed by atoms with Crippen molar-refractivity contribution in [1.29, 1.82) is 0 Å². The van der Waals surface area contributed by atoms with Crippen LogP contribution in [0.1, 0.15) is 32.4 Å². The van der Waals surface area contributed by atoms with Crippen molar-refractivity contribution in [3.05, 3.63) is 63.1 Å². The number of nitrogens with one attached hydrogen (secondary N) is 1. The van der Waals surface area contributed by atoms with E-state index in [4.69, 9.17) is 0 Å². The molecule has 0 amide bonds. The highest BCUT2D eigenvalue weighted by Gasteiger charge is 2.36. The van der Waals surface area contributed by atoms with E-state index in [1.807, 2.05) is 6.92 Å². The van der Waals surface area contributed by atoms with E-state index >= 15 is 0 Å². The van der Waals surface area contributed by atoms with Crippen LogP contribution in [0.5, 0.6) is 0 Å². The summed E-state index contributed by atoms with van der Waals surface area (Å²) in [5, 5.41) is 1.97. The number of hydrogen-bond donors (Lipinski definition) is 1. The average Bonchev–Trinajstić information content (AvgIpc) is 2.53. The Morgan fingerprint density at radius 1 is 1.09 bits per heavy atom. The van der Waals surface area contributed by atoms with Crippen molar-refractivity contribution >= 4 is 31.6 Å². The Balaban J connectivity index is 2.17. The number of Topliss-reactive ketones (excluding diaryl/α,β-unsaturated/α-hetero) is 1. The number of rotatable bonds is 2. The van der Waals surface area contributed by atoms with E-state index in [9.17, 15) is 13.2 Å². The summed E-state index contributed by atoms with van der Waals surface area (Å²) in [6, 6.07) is 10.2. The Morgan fingerprint density at radius 2 is 1.78 bits per heavy atom. The molecular formula is C17H16BrNO3S. The fourth-order valence-corrected chi connectivity index (χ4v) is 5.21. The molecule has 0 spiro atoms. The fourth-order valence-electron chi connectivity index (χ4n) is 2.84. The quantitative estimate of drug-likeness (QED) is 0.849. The zero-order valence-electron chi connectivity index (χ0n) is 12.8. The van der Waals surface area contributed by atoms with Crippen molar-refractivity contribution in [2.45, 2.75) is 24.1 Å². The molecule has 0 bridgehead atoms.